The molecule has 0 spiro atoms. The van der Waals surface area contributed by atoms with Gasteiger partial charge in [-0.05, 0) is 105 Å². The highest BCUT2D eigenvalue weighted by atomic mass is 32.1. The van der Waals surface area contributed by atoms with Crippen LogP contribution in [0.1, 0.15) is 111 Å². The smallest absolute Gasteiger partial charge is 0.00853 e. The van der Waals surface area contributed by atoms with E-state index in [1.165, 1.54) is 83.5 Å². The first kappa shape index (κ1) is 26.9. The molecule has 0 aromatic carbocycles. The lowest BCUT2D eigenvalue weighted by Gasteiger charge is -2.44. The minimum absolute atomic E-state index is 0.479. The Balaban J connectivity index is 1.55. The Morgan fingerprint density at radius 2 is 1.94 bits per heavy atom. The maximum Gasteiger partial charge on any atom is 0.00853 e. The molecule has 186 valence electrons. The first-order chi connectivity index (χ1) is 16.0. The average Bonchev–Trinajstić information content (AvgIpc) is 2.81. The molecule has 3 aliphatic carbocycles. The molecule has 0 N–H and O–H groups in total. The molecular weight excluding hydrogens is 416 g/mol. The Labute approximate surface area is 211 Å². The van der Waals surface area contributed by atoms with Crippen LogP contribution in [-0.2, 0) is 0 Å². The number of thiol groups is 1. The molecule has 0 aromatic rings. The van der Waals surface area contributed by atoms with Gasteiger partial charge in [0.15, 0.2) is 0 Å². The van der Waals surface area contributed by atoms with Gasteiger partial charge in [-0.3, -0.25) is 0 Å². The molecule has 0 aromatic heterocycles. The van der Waals surface area contributed by atoms with Gasteiger partial charge in [0.1, 0.15) is 0 Å². The van der Waals surface area contributed by atoms with E-state index >= 15 is 0 Å². The highest BCUT2D eigenvalue weighted by Gasteiger charge is 2.39. The highest BCUT2D eigenvalue weighted by Crippen LogP contribution is 2.50. The van der Waals surface area contributed by atoms with Crippen LogP contribution in [0.5, 0.6) is 0 Å². The van der Waals surface area contributed by atoms with E-state index < -0.39 is 0 Å². The molecule has 1 fully saturated rings. The molecule has 0 radical (unpaired) electrons. The maximum atomic E-state index is 5.27. The fraction of sp³-hybridized carbons (Fsp3) is 0.750. The van der Waals surface area contributed by atoms with Crippen LogP contribution in [0, 0.1) is 35.5 Å². The lowest BCUT2D eigenvalue weighted by Crippen LogP contribution is -2.35. The van der Waals surface area contributed by atoms with E-state index in [4.69, 9.17) is 12.6 Å². The second-order valence-electron chi connectivity index (χ2n) is 11.6. The van der Waals surface area contributed by atoms with Crippen LogP contribution in [0.15, 0.2) is 48.1 Å². The van der Waals surface area contributed by atoms with Crippen molar-refractivity contribution in [2.24, 2.45) is 35.5 Å². The summed E-state index contributed by atoms with van der Waals surface area (Å²) in [6.07, 6.45) is 30.8. The third-order valence-electron chi connectivity index (χ3n) is 9.01. The van der Waals surface area contributed by atoms with Crippen molar-refractivity contribution in [1.29, 1.82) is 0 Å². The van der Waals surface area contributed by atoms with E-state index in [-0.39, 0.29) is 0 Å². The highest BCUT2D eigenvalue weighted by molar-refractivity contribution is 7.81. The number of allylic oxidation sites excluding steroid dienone is 7. The normalized spacial score (nSPS) is 32.1. The topological polar surface area (TPSA) is 0 Å². The first-order valence-electron chi connectivity index (χ1n) is 14.4. The van der Waals surface area contributed by atoms with Crippen molar-refractivity contribution < 1.29 is 0 Å². The SMILES string of the molecule is C=CC1=C2C(CCC1)CC(C)CC2C(/C=C\CC)C(S)CCCCCCC1CCC=CC1C. The molecule has 7 unspecified atom stereocenters. The van der Waals surface area contributed by atoms with Gasteiger partial charge in [-0.15, -0.1) is 0 Å². The van der Waals surface area contributed by atoms with Crippen LogP contribution >= 0.6 is 12.6 Å². The molecule has 0 saturated heterocycles. The second-order valence-corrected chi connectivity index (χ2v) is 12.2. The van der Waals surface area contributed by atoms with Gasteiger partial charge in [0.05, 0.1) is 0 Å². The van der Waals surface area contributed by atoms with Crippen LogP contribution in [0.4, 0.5) is 0 Å². The van der Waals surface area contributed by atoms with Gasteiger partial charge < -0.3 is 0 Å². The van der Waals surface area contributed by atoms with Crippen LogP contribution in [0.2, 0.25) is 0 Å². The molecule has 0 bridgehead atoms. The second kappa shape index (κ2) is 14.0. The predicted molar refractivity (Wildman–Crippen MR) is 151 cm³/mol. The van der Waals surface area contributed by atoms with Gasteiger partial charge >= 0.3 is 0 Å². The van der Waals surface area contributed by atoms with Crippen molar-refractivity contribution in [3.63, 3.8) is 0 Å². The zero-order chi connectivity index (χ0) is 23.6. The Hall–Kier alpha value is -0.690. The summed E-state index contributed by atoms with van der Waals surface area (Å²) >= 11 is 5.27. The van der Waals surface area contributed by atoms with Gasteiger partial charge in [0, 0.05) is 5.25 Å². The minimum atomic E-state index is 0.479. The molecule has 1 heteroatoms. The fourth-order valence-electron chi connectivity index (χ4n) is 7.19. The zero-order valence-electron chi connectivity index (χ0n) is 22.0. The van der Waals surface area contributed by atoms with E-state index in [1.54, 1.807) is 11.1 Å². The summed E-state index contributed by atoms with van der Waals surface area (Å²) < 4.78 is 0. The number of fused-ring (bicyclic) bond motifs is 1. The summed E-state index contributed by atoms with van der Waals surface area (Å²) in [5.74, 6) is 4.62. The Kier molecular flexibility index (Phi) is 11.4. The van der Waals surface area contributed by atoms with Crippen molar-refractivity contribution in [3.05, 3.63) is 48.1 Å². The maximum absolute atomic E-state index is 5.27. The van der Waals surface area contributed by atoms with Crippen LogP contribution in [0.3, 0.4) is 0 Å². The van der Waals surface area contributed by atoms with E-state index in [0.29, 0.717) is 17.1 Å². The molecule has 0 amide bonds. The van der Waals surface area contributed by atoms with E-state index in [9.17, 15) is 0 Å². The Bertz CT molecular complexity index is 683. The van der Waals surface area contributed by atoms with E-state index in [0.717, 1.165) is 30.1 Å². The third kappa shape index (κ3) is 7.65. The number of hydrogen-bond donors (Lipinski definition) is 1. The molecule has 0 heterocycles. The molecule has 33 heavy (non-hydrogen) atoms. The summed E-state index contributed by atoms with van der Waals surface area (Å²) in [4.78, 5) is 0. The van der Waals surface area contributed by atoms with Crippen LogP contribution in [0.25, 0.3) is 0 Å². The molecule has 3 rings (SSSR count). The lowest BCUT2D eigenvalue weighted by molar-refractivity contribution is 0.222. The molecule has 0 aliphatic heterocycles. The predicted octanol–water partition coefficient (Wildman–Crippen LogP) is 10.1. The van der Waals surface area contributed by atoms with Gasteiger partial charge in [0.2, 0.25) is 0 Å². The molecule has 3 aliphatic rings. The van der Waals surface area contributed by atoms with Crippen LogP contribution in [-0.4, -0.2) is 5.25 Å². The molecular formula is C32H52S. The summed E-state index contributed by atoms with van der Waals surface area (Å²) in [6, 6.07) is 0. The summed E-state index contributed by atoms with van der Waals surface area (Å²) in [6.45, 7) is 11.4. The summed E-state index contributed by atoms with van der Waals surface area (Å²) in [7, 11) is 0. The van der Waals surface area contributed by atoms with Crippen molar-refractivity contribution in [2.75, 3.05) is 0 Å². The molecule has 7 atom stereocenters. The fourth-order valence-corrected chi connectivity index (χ4v) is 7.68. The summed E-state index contributed by atoms with van der Waals surface area (Å²) in [5, 5.41) is 0.479. The number of rotatable bonds is 12. The number of hydrogen-bond acceptors (Lipinski definition) is 1. The van der Waals surface area contributed by atoms with Crippen molar-refractivity contribution in [2.45, 2.75) is 116 Å². The molecule has 0 nitrogen and oxygen atoms in total. The largest absolute Gasteiger partial charge is 0.175 e. The van der Waals surface area contributed by atoms with Crippen molar-refractivity contribution in [1.82, 2.24) is 0 Å². The van der Waals surface area contributed by atoms with Crippen molar-refractivity contribution >= 4 is 12.6 Å². The van der Waals surface area contributed by atoms with Gasteiger partial charge in [-0.25, -0.2) is 0 Å². The van der Waals surface area contributed by atoms with Crippen LogP contribution < -0.4 is 0 Å². The van der Waals surface area contributed by atoms with Crippen molar-refractivity contribution in [3.8, 4) is 0 Å². The average molecular weight is 469 g/mol. The lowest BCUT2D eigenvalue weighted by atomic mass is 9.62. The quantitative estimate of drug-likeness (QED) is 0.164. The van der Waals surface area contributed by atoms with E-state index in [2.05, 4.69) is 57.7 Å². The Morgan fingerprint density at radius 3 is 2.70 bits per heavy atom. The monoisotopic (exact) mass is 468 g/mol. The first-order valence-corrected chi connectivity index (χ1v) is 14.9. The van der Waals surface area contributed by atoms with Gasteiger partial charge in [-0.1, -0.05) is 89.0 Å². The molecule has 1 saturated carbocycles. The van der Waals surface area contributed by atoms with Gasteiger partial charge in [0.25, 0.3) is 0 Å². The standard InChI is InChI=1S/C32H52S/c1-5-7-20-29(30-23-24(3)22-28-19-14-18-26(6-2)32(28)30)31(33)21-11-9-8-10-16-27-17-13-12-15-25(27)4/h6-7,12,15,20,24-25,27-31,33H,2,5,8-11,13-14,16-19,21-23H2,1,3-4H3/b20-7-. The van der Waals surface area contributed by atoms with E-state index in [1.807, 2.05) is 0 Å². The minimum Gasteiger partial charge on any atom is -0.175 e. The number of unbranched alkanes of at least 4 members (excludes halogenated alkanes) is 3. The zero-order valence-corrected chi connectivity index (χ0v) is 22.9. The Morgan fingerprint density at radius 1 is 1.12 bits per heavy atom. The summed E-state index contributed by atoms with van der Waals surface area (Å²) in [5.41, 5.74) is 3.38. The third-order valence-corrected chi connectivity index (χ3v) is 9.62. The van der Waals surface area contributed by atoms with Gasteiger partial charge in [-0.2, -0.15) is 12.6 Å².